The lowest BCUT2D eigenvalue weighted by molar-refractivity contribution is -0.931. The molecule has 0 aromatic rings. The molecular weight excluding hydrogens is 314 g/mol. The molecule has 0 aliphatic carbocycles. The SMILES string of the molecule is CC/C=C/CCC(O)C[N+](CCCCC)(CCCCC)CCC(=O)[O-]. The highest BCUT2D eigenvalue weighted by atomic mass is 16.4. The van der Waals surface area contributed by atoms with Crippen LogP contribution >= 0.6 is 0 Å². The van der Waals surface area contributed by atoms with E-state index in [1.54, 1.807) is 0 Å². The third-order valence-corrected chi connectivity index (χ3v) is 4.93. The minimum absolute atomic E-state index is 0.0840. The van der Waals surface area contributed by atoms with Gasteiger partial charge in [-0.15, -0.1) is 0 Å². The molecule has 0 bridgehead atoms. The van der Waals surface area contributed by atoms with Gasteiger partial charge in [0, 0.05) is 12.4 Å². The van der Waals surface area contributed by atoms with E-state index < -0.39 is 5.97 Å². The number of allylic oxidation sites excluding steroid dienone is 2. The van der Waals surface area contributed by atoms with Crippen LogP contribution in [0.3, 0.4) is 0 Å². The minimum atomic E-state index is -0.978. The summed E-state index contributed by atoms with van der Waals surface area (Å²) in [5.41, 5.74) is 0. The lowest BCUT2D eigenvalue weighted by Crippen LogP contribution is -2.55. The fourth-order valence-corrected chi connectivity index (χ4v) is 3.44. The highest BCUT2D eigenvalue weighted by Crippen LogP contribution is 2.18. The lowest BCUT2D eigenvalue weighted by atomic mass is 10.1. The zero-order valence-corrected chi connectivity index (χ0v) is 16.8. The third-order valence-electron chi connectivity index (χ3n) is 4.93. The molecule has 0 aliphatic heterocycles. The number of carboxylic acids is 1. The average molecular weight is 356 g/mol. The van der Waals surface area contributed by atoms with Gasteiger partial charge in [0.25, 0.3) is 0 Å². The van der Waals surface area contributed by atoms with Crippen LogP contribution in [0.1, 0.15) is 85.0 Å². The van der Waals surface area contributed by atoms with Crippen molar-refractivity contribution in [3.8, 4) is 0 Å². The van der Waals surface area contributed by atoms with Crippen LogP contribution in [0, 0.1) is 0 Å². The van der Waals surface area contributed by atoms with Crippen molar-refractivity contribution in [3.05, 3.63) is 12.2 Å². The molecule has 1 unspecified atom stereocenters. The summed E-state index contributed by atoms with van der Waals surface area (Å²) in [5, 5.41) is 21.6. The molecule has 0 spiro atoms. The van der Waals surface area contributed by atoms with E-state index in [-0.39, 0.29) is 12.5 Å². The summed E-state index contributed by atoms with van der Waals surface area (Å²) in [4.78, 5) is 11.0. The predicted molar refractivity (Wildman–Crippen MR) is 103 cm³/mol. The van der Waals surface area contributed by atoms with Gasteiger partial charge in [-0.3, -0.25) is 0 Å². The maximum atomic E-state index is 11.0. The van der Waals surface area contributed by atoms with Crippen molar-refractivity contribution in [1.29, 1.82) is 0 Å². The molecule has 0 fully saturated rings. The van der Waals surface area contributed by atoms with Gasteiger partial charge >= 0.3 is 0 Å². The topological polar surface area (TPSA) is 60.4 Å². The molecule has 1 atom stereocenters. The fourth-order valence-electron chi connectivity index (χ4n) is 3.44. The second kappa shape index (κ2) is 15.4. The fraction of sp³-hybridized carbons (Fsp3) is 0.857. The van der Waals surface area contributed by atoms with Crippen molar-refractivity contribution < 1.29 is 19.5 Å². The predicted octanol–water partition coefficient (Wildman–Crippen LogP) is 3.43. The molecule has 0 aliphatic rings. The Kier molecular flexibility index (Phi) is 14.9. The van der Waals surface area contributed by atoms with Gasteiger partial charge in [-0.2, -0.15) is 0 Å². The maximum Gasteiger partial charge on any atom is 0.105 e. The number of hydrogen-bond donors (Lipinski definition) is 1. The van der Waals surface area contributed by atoms with Crippen molar-refractivity contribution in [1.82, 2.24) is 0 Å². The Morgan fingerprint density at radius 3 is 2.08 bits per heavy atom. The zero-order valence-electron chi connectivity index (χ0n) is 16.8. The quantitative estimate of drug-likeness (QED) is 0.247. The molecule has 1 N–H and O–H groups in total. The maximum absolute atomic E-state index is 11.0. The van der Waals surface area contributed by atoms with E-state index in [1.165, 1.54) is 0 Å². The highest BCUT2D eigenvalue weighted by molar-refractivity contribution is 5.64. The lowest BCUT2D eigenvalue weighted by Gasteiger charge is -2.41. The number of nitrogens with zero attached hydrogens (tertiary/aromatic N) is 1. The van der Waals surface area contributed by atoms with Crippen molar-refractivity contribution in [2.75, 3.05) is 26.2 Å². The average Bonchev–Trinajstić information content (AvgIpc) is 2.57. The first-order valence-corrected chi connectivity index (χ1v) is 10.4. The molecule has 0 radical (unpaired) electrons. The van der Waals surface area contributed by atoms with E-state index in [9.17, 15) is 15.0 Å². The summed E-state index contributed by atoms with van der Waals surface area (Å²) in [5.74, 6) is -0.978. The Bertz CT molecular complexity index is 345. The number of quaternary nitrogens is 1. The number of aliphatic carboxylic acids is 1. The summed E-state index contributed by atoms with van der Waals surface area (Å²) in [6.07, 6.45) is 13.5. The first-order chi connectivity index (χ1) is 12.0. The van der Waals surface area contributed by atoms with E-state index in [0.29, 0.717) is 13.1 Å². The summed E-state index contributed by atoms with van der Waals surface area (Å²) in [6.45, 7) is 9.65. The monoisotopic (exact) mass is 355 g/mol. The van der Waals surface area contributed by atoms with Crippen LogP contribution in [-0.2, 0) is 4.79 Å². The molecule has 25 heavy (non-hydrogen) atoms. The number of rotatable bonds is 17. The van der Waals surface area contributed by atoms with Crippen LogP contribution in [0.25, 0.3) is 0 Å². The Morgan fingerprint density at radius 1 is 1.00 bits per heavy atom. The standard InChI is InChI=1S/C21H41NO3/c1-4-7-10-11-14-20(23)19-22(16-12-8-5-2,17-13-9-6-3)18-15-21(24)25/h7,10,20,23H,4-6,8-9,11-19H2,1-3H3/b10-7+. The van der Waals surface area contributed by atoms with Gasteiger partial charge in [0.05, 0.1) is 19.6 Å². The number of carbonyl (C=O) groups excluding carboxylic acids is 1. The molecule has 0 amide bonds. The molecule has 148 valence electrons. The van der Waals surface area contributed by atoms with E-state index in [4.69, 9.17) is 0 Å². The largest absolute Gasteiger partial charge is 0.550 e. The highest BCUT2D eigenvalue weighted by Gasteiger charge is 2.29. The van der Waals surface area contributed by atoms with Crippen molar-refractivity contribution in [2.45, 2.75) is 91.1 Å². The van der Waals surface area contributed by atoms with Gasteiger partial charge < -0.3 is 19.5 Å². The molecule has 0 saturated heterocycles. The molecule has 0 rings (SSSR count). The van der Waals surface area contributed by atoms with E-state index in [2.05, 4.69) is 32.9 Å². The van der Waals surface area contributed by atoms with Gasteiger partial charge in [0.1, 0.15) is 12.6 Å². The summed E-state index contributed by atoms with van der Waals surface area (Å²) < 4.78 is 0.729. The number of aliphatic hydroxyl groups is 1. The summed E-state index contributed by atoms with van der Waals surface area (Å²) in [6, 6.07) is 0. The van der Waals surface area contributed by atoms with Crippen LogP contribution in [0.4, 0.5) is 0 Å². The minimum Gasteiger partial charge on any atom is -0.550 e. The first-order valence-electron chi connectivity index (χ1n) is 10.4. The van der Waals surface area contributed by atoms with Gasteiger partial charge in [-0.25, -0.2) is 0 Å². The summed E-state index contributed by atoms with van der Waals surface area (Å²) >= 11 is 0. The molecule has 0 aromatic carbocycles. The van der Waals surface area contributed by atoms with Gasteiger partial charge in [-0.05, 0) is 44.9 Å². The van der Waals surface area contributed by atoms with E-state index in [0.717, 1.165) is 75.4 Å². The van der Waals surface area contributed by atoms with Crippen LogP contribution < -0.4 is 5.11 Å². The first kappa shape index (κ1) is 24.1. The molecule has 0 heterocycles. The zero-order chi connectivity index (χ0) is 19.0. The number of carbonyl (C=O) groups is 1. The number of aliphatic hydroxyl groups excluding tert-OH is 1. The summed E-state index contributed by atoms with van der Waals surface area (Å²) in [7, 11) is 0. The van der Waals surface area contributed by atoms with Crippen molar-refractivity contribution in [3.63, 3.8) is 0 Å². The van der Waals surface area contributed by atoms with Crippen LogP contribution in [-0.4, -0.2) is 47.8 Å². The normalized spacial score (nSPS) is 13.4. The number of hydrogen-bond acceptors (Lipinski definition) is 3. The Morgan fingerprint density at radius 2 is 1.60 bits per heavy atom. The van der Waals surface area contributed by atoms with E-state index >= 15 is 0 Å². The van der Waals surface area contributed by atoms with Crippen LogP contribution in [0.5, 0.6) is 0 Å². The molecule has 0 aromatic heterocycles. The second-order valence-corrected chi connectivity index (χ2v) is 7.34. The number of unbranched alkanes of at least 4 members (excludes halogenated alkanes) is 4. The molecule has 4 heteroatoms. The van der Waals surface area contributed by atoms with Gasteiger partial charge in [0.2, 0.25) is 0 Å². The third kappa shape index (κ3) is 13.1. The van der Waals surface area contributed by atoms with Crippen LogP contribution in [0.15, 0.2) is 12.2 Å². The second-order valence-electron chi connectivity index (χ2n) is 7.34. The van der Waals surface area contributed by atoms with Crippen molar-refractivity contribution in [2.24, 2.45) is 0 Å². The Labute approximate surface area is 155 Å². The smallest absolute Gasteiger partial charge is 0.105 e. The van der Waals surface area contributed by atoms with Gasteiger partial charge in [-0.1, -0.05) is 45.8 Å². The Balaban J connectivity index is 4.90. The van der Waals surface area contributed by atoms with E-state index in [1.807, 2.05) is 0 Å². The molecule has 4 nitrogen and oxygen atoms in total. The van der Waals surface area contributed by atoms with Gasteiger partial charge in [0.15, 0.2) is 0 Å². The molecule has 0 saturated carbocycles. The Hall–Kier alpha value is -0.870. The molecular formula is C21H41NO3. The van der Waals surface area contributed by atoms with Crippen LogP contribution in [0.2, 0.25) is 0 Å². The van der Waals surface area contributed by atoms with Crippen molar-refractivity contribution >= 4 is 5.97 Å². The number of carboxylic acid groups (broad SMARTS) is 1.